The smallest absolute Gasteiger partial charge is 0.215 e. The largest absolute Gasteiger partial charge is 0.503 e. The number of thiophene rings is 1. The summed E-state index contributed by atoms with van der Waals surface area (Å²) >= 11 is 1.12. The van der Waals surface area contributed by atoms with Crippen LogP contribution in [0.5, 0.6) is 10.8 Å². The summed E-state index contributed by atoms with van der Waals surface area (Å²) in [4.78, 5) is 0. The van der Waals surface area contributed by atoms with Crippen molar-refractivity contribution in [3.63, 3.8) is 0 Å². The van der Waals surface area contributed by atoms with Gasteiger partial charge in [-0.15, -0.1) is 0 Å². The minimum absolute atomic E-state index is 0.0596. The van der Waals surface area contributed by atoms with Gasteiger partial charge in [-0.05, 0) is 18.2 Å². The zero-order chi connectivity index (χ0) is 8.72. The number of benzene rings is 1. The molecule has 0 radical (unpaired) electrons. The number of hydrogen-bond donors (Lipinski definition) is 3. The van der Waals surface area contributed by atoms with Crippen LogP contribution >= 0.6 is 11.3 Å². The third-order valence-electron chi connectivity index (χ3n) is 1.67. The molecule has 0 saturated carbocycles. The van der Waals surface area contributed by atoms with Crippen molar-refractivity contribution in [1.82, 2.24) is 0 Å². The standard InChI is InChI=1S/C8H7NO2S/c9-4-1-2-5-6(3-4)12-8(11)7(5)10/h1-3,10-11H,9H2. The fourth-order valence-corrected chi connectivity index (χ4v) is 1.97. The molecular weight excluding hydrogens is 174 g/mol. The van der Waals surface area contributed by atoms with Gasteiger partial charge in [-0.2, -0.15) is 0 Å². The quantitative estimate of drug-likeness (QED) is 0.544. The van der Waals surface area contributed by atoms with Gasteiger partial charge in [-0.3, -0.25) is 0 Å². The summed E-state index contributed by atoms with van der Waals surface area (Å²) in [6.07, 6.45) is 0. The highest BCUT2D eigenvalue weighted by atomic mass is 32.1. The molecule has 3 nitrogen and oxygen atoms in total. The molecule has 1 aromatic carbocycles. The number of anilines is 1. The van der Waals surface area contributed by atoms with Crippen LogP contribution in [-0.2, 0) is 0 Å². The zero-order valence-corrected chi connectivity index (χ0v) is 6.93. The van der Waals surface area contributed by atoms with Crippen LogP contribution in [0.1, 0.15) is 0 Å². The summed E-state index contributed by atoms with van der Waals surface area (Å²) in [5, 5.41) is 19.1. The molecule has 0 aliphatic heterocycles. The molecule has 12 heavy (non-hydrogen) atoms. The number of nitrogens with two attached hydrogens (primary N) is 1. The molecular formula is C8H7NO2S. The van der Waals surface area contributed by atoms with Crippen molar-refractivity contribution in [3.8, 4) is 10.8 Å². The van der Waals surface area contributed by atoms with Gasteiger partial charge in [0.1, 0.15) is 0 Å². The topological polar surface area (TPSA) is 66.5 Å². The molecule has 4 heteroatoms. The first kappa shape index (κ1) is 7.24. The molecule has 0 bridgehead atoms. The molecule has 0 amide bonds. The van der Waals surface area contributed by atoms with Crippen LogP contribution in [0.2, 0.25) is 0 Å². The molecule has 1 aromatic heterocycles. The Labute approximate surface area is 72.7 Å². The van der Waals surface area contributed by atoms with Crippen LogP contribution in [0, 0.1) is 0 Å². The normalized spacial score (nSPS) is 10.7. The maximum absolute atomic E-state index is 9.31. The summed E-state index contributed by atoms with van der Waals surface area (Å²) in [6.45, 7) is 0. The molecule has 2 rings (SSSR count). The maximum atomic E-state index is 9.31. The van der Waals surface area contributed by atoms with E-state index in [-0.39, 0.29) is 10.8 Å². The van der Waals surface area contributed by atoms with Crippen molar-refractivity contribution >= 4 is 27.1 Å². The van der Waals surface area contributed by atoms with Crippen molar-refractivity contribution < 1.29 is 10.2 Å². The predicted molar refractivity (Wildman–Crippen MR) is 49.6 cm³/mol. The van der Waals surface area contributed by atoms with Crippen molar-refractivity contribution in [2.75, 3.05) is 5.73 Å². The fraction of sp³-hybridized carbons (Fsp3) is 0. The summed E-state index contributed by atoms with van der Waals surface area (Å²) in [6, 6.07) is 5.10. The first-order chi connectivity index (χ1) is 5.68. The van der Waals surface area contributed by atoms with Gasteiger partial charge in [0.25, 0.3) is 0 Å². The van der Waals surface area contributed by atoms with E-state index in [1.54, 1.807) is 18.2 Å². The van der Waals surface area contributed by atoms with Crippen LogP contribution in [-0.4, -0.2) is 10.2 Å². The van der Waals surface area contributed by atoms with E-state index in [9.17, 15) is 5.11 Å². The van der Waals surface area contributed by atoms with Crippen LogP contribution in [0.25, 0.3) is 10.1 Å². The Hall–Kier alpha value is -1.42. The first-order valence-electron chi connectivity index (χ1n) is 3.38. The predicted octanol–water partition coefficient (Wildman–Crippen LogP) is 1.89. The lowest BCUT2D eigenvalue weighted by Crippen LogP contribution is -1.80. The number of hydrogen-bond acceptors (Lipinski definition) is 4. The molecule has 0 atom stereocenters. The van der Waals surface area contributed by atoms with Gasteiger partial charge in [-0.1, -0.05) is 11.3 Å². The Balaban J connectivity index is 2.87. The van der Waals surface area contributed by atoms with E-state index >= 15 is 0 Å². The average molecular weight is 181 g/mol. The second kappa shape index (κ2) is 2.28. The number of aromatic hydroxyl groups is 2. The van der Waals surface area contributed by atoms with Crippen LogP contribution in [0.4, 0.5) is 5.69 Å². The first-order valence-corrected chi connectivity index (χ1v) is 4.20. The van der Waals surface area contributed by atoms with E-state index in [1.165, 1.54) is 0 Å². The van der Waals surface area contributed by atoms with E-state index in [1.807, 2.05) is 0 Å². The average Bonchev–Trinajstić information content (AvgIpc) is 2.28. The lowest BCUT2D eigenvalue weighted by molar-refractivity contribution is 0.419. The molecule has 1 heterocycles. The van der Waals surface area contributed by atoms with Crippen molar-refractivity contribution in [2.45, 2.75) is 0 Å². The molecule has 0 unspecified atom stereocenters. The Morgan fingerprint density at radius 1 is 1.25 bits per heavy atom. The van der Waals surface area contributed by atoms with Crippen LogP contribution < -0.4 is 5.73 Å². The third kappa shape index (κ3) is 0.887. The summed E-state index contributed by atoms with van der Waals surface area (Å²) in [5.74, 6) is -0.0602. The Morgan fingerprint density at radius 3 is 2.75 bits per heavy atom. The molecule has 0 spiro atoms. The van der Waals surface area contributed by atoms with E-state index in [0.29, 0.717) is 11.1 Å². The minimum atomic E-state index is -0.0602. The minimum Gasteiger partial charge on any atom is -0.503 e. The summed E-state index contributed by atoms with van der Waals surface area (Å²) < 4.78 is 0.796. The van der Waals surface area contributed by atoms with Crippen LogP contribution in [0.15, 0.2) is 18.2 Å². The summed E-state index contributed by atoms with van der Waals surface area (Å²) in [7, 11) is 0. The van der Waals surface area contributed by atoms with Gasteiger partial charge in [0.05, 0.1) is 0 Å². The van der Waals surface area contributed by atoms with Crippen molar-refractivity contribution in [2.24, 2.45) is 0 Å². The SMILES string of the molecule is Nc1ccc2c(O)c(O)sc2c1. The molecule has 0 fully saturated rings. The molecule has 0 aliphatic rings. The highest BCUT2D eigenvalue weighted by Gasteiger charge is 2.08. The fourth-order valence-electron chi connectivity index (χ4n) is 1.09. The molecule has 62 valence electrons. The number of nitrogen functional groups attached to an aromatic ring is 1. The van der Waals surface area contributed by atoms with E-state index in [4.69, 9.17) is 10.8 Å². The van der Waals surface area contributed by atoms with Crippen molar-refractivity contribution in [1.29, 1.82) is 0 Å². The molecule has 4 N–H and O–H groups in total. The van der Waals surface area contributed by atoms with Gasteiger partial charge < -0.3 is 15.9 Å². The Kier molecular flexibility index (Phi) is 1.38. The zero-order valence-electron chi connectivity index (χ0n) is 6.11. The molecule has 0 aliphatic carbocycles. The van der Waals surface area contributed by atoms with Gasteiger partial charge in [0.2, 0.25) is 5.06 Å². The number of fused-ring (bicyclic) bond motifs is 1. The maximum Gasteiger partial charge on any atom is 0.215 e. The summed E-state index contributed by atoms with van der Waals surface area (Å²) in [5.41, 5.74) is 6.16. The van der Waals surface area contributed by atoms with E-state index in [2.05, 4.69) is 0 Å². The van der Waals surface area contributed by atoms with Crippen LogP contribution in [0.3, 0.4) is 0 Å². The van der Waals surface area contributed by atoms with Crippen molar-refractivity contribution in [3.05, 3.63) is 18.2 Å². The molecule has 2 aromatic rings. The highest BCUT2D eigenvalue weighted by Crippen LogP contribution is 2.42. The second-order valence-electron chi connectivity index (χ2n) is 2.51. The molecule has 0 saturated heterocycles. The number of rotatable bonds is 0. The van der Waals surface area contributed by atoms with Gasteiger partial charge in [0.15, 0.2) is 5.75 Å². The van der Waals surface area contributed by atoms with Gasteiger partial charge in [-0.25, -0.2) is 0 Å². The lowest BCUT2D eigenvalue weighted by atomic mass is 10.2. The van der Waals surface area contributed by atoms with E-state index < -0.39 is 0 Å². The third-order valence-corrected chi connectivity index (χ3v) is 2.61. The lowest BCUT2D eigenvalue weighted by Gasteiger charge is -1.91. The second-order valence-corrected chi connectivity index (χ2v) is 3.54. The monoisotopic (exact) mass is 181 g/mol. The van der Waals surface area contributed by atoms with Gasteiger partial charge >= 0.3 is 0 Å². The van der Waals surface area contributed by atoms with Gasteiger partial charge in [0, 0.05) is 15.8 Å². The highest BCUT2D eigenvalue weighted by molar-refractivity contribution is 7.21. The Morgan fingerprint density at radius 2 is 2.00 bits per heavy atom. The van der Waals surface area contributed by atoms with E-state index in [0.717, 1.165) is 16.0 Å². The Bertz CT molecular complexity index is 436.